The van der Waals surface area contributed by atoms with Crippen LogP contribution in [-0.4, -0.2) is 16.7 Å². The number of benzene rings is 2. The standard InChI is InChI=1S/C23H27N3O2/c1-5-14(2)20(19-13-18(27)12-11-15(19)3)21(24)22(23(25)28)26-16(4)17-9-7-6-8-10-17/h6-13,27H,5,24H2,1-4H3,(H2,25,28)/b20-14+,22-21+,26-16?. The van der Waals surface area contributed by atoms with E-state index in [-0.39, 0.29) is 17.1 Å². The summed E-state index contributed by atoms with van der Waals surface area (Å²) in [7, 11) is 0. The third kappa shape index (κ3) is 4.68. The van der Waals surface area contributed by atoms with Crippen LogP contribution >= 0.6 is 0 Å². The second-order valence-corrected chi connectivity index (χ2v) is 6.70. The zero-order chi connectivity index (χ0) is 20.8. The molecule has 0 saturated heterocycles. The van der Waals surface area contributed by atoms with Crippen LogP contribution in [0.5, 0.6) is 5.75 Å². The predicted molar refractivity (Wildman–Crippen MR) is 115 cm³/mol. The number of amides is 1. The van der Waals surface area contributed by atoms with Gasteiger partial charge in [0, 0.05) is 11.3 Å². The fourth-order valence-electron chi connectivity index (χ4n) is 2.94. The number of nitrogens with two attached hydrogens (primary N) is 2. The van der Waals surface area contributed by atoms with Gasteiger partial charge in [-0.3, -0.25) is 4.79 Å². The summed E-state index contributed by atoms with van der Waals surface area (Å²) in [6.45, 7) is 7.68. The van der Waals surface area contributed by atoms with Crippen LogP contribution in [0.2, 0.25) is 0 Å². The normalized spacial score (nSPS) is 13.6. The number of hydrogen-bond acceptors (Lipinski definition) is 4. The summed E-state index contributed by atoms with van der Waals surface area (Å²) in [5, 5.41) is 9.97. The number of phenols is 1. The molecule has 0 aliphatic heterocycles. The van der Waals surface area contributed by atoms with E-state index in [0.29, 0.717) is 11.3 Å². The van der Waals surface area contributed by atoms with Crippen molar-refractivity contribution < 1.29 is 9.90 Å². The smallest absolute Gasteiger partial charge is 0.269 e. The van der Waals surface area contributed by atoms with Gasteiger partial charge in [0.1, 0.15) is 5.75 Å². The summed E-state index contributed by atoms with van der Waals surface area (Å²) in [6.07, 6.45) is 0.721. The zero-order valence-electron chi connectivity index (χ0n) is 16.8. The number of aromatic hydroxyl groups is 1. The first-order valence-electron chi connectivity index (χ1n) is 9.16. The molecule has 0 bridgehead atoms. The minimum Gasteiger partial charge on any atom is -0.508 e. The number of allylic oxidation sites excluding steroid dienone is 2. The Morgan fingerprint density at radius 1 is 1.07 bits per heavy atom. The van der Waals surface area contributed by atoms with Crippen LogP contribution < -0.4 is 11.5 Å². The van der Waals surface area contributed by atoms with Crippen molar-refractivity contribution in [2.24, 2.45) is 16.5 Å². The molecular weight excluding hydrogens is 350 g/mol. The monoisotopic (exact) mass is 377 g/mol. The molecule has 2 rings (SSSR count). The quantitative estimate of drug-likeness (QED) is 0.402. The number of rotatable bonds is 6. The lowest BCUT2D eigenvalue weighted by molar-refractivity contribution is -0.114. The molecule has 0 saturated carbocycles. The summed E-state index contributed by atoms with van der Waals surface area (Å²) in [4.78, 5) is 16.7. The summed E-state index contributed by atoms with van der Waals surface area (Å²) in [6, 6.07) is 14.6. The highest BCUT2D eigenvalue weighted by molar-refractivity contribution is 6.05. The van der Waals surface area contributed by atoms with Gasteiger partial charge in [0.15, 0.2) is 5.70 Å². The predicted octanol–water partition coefficient (Wildman–Crippen LogP) is 4.05. The van der Waals surface area contributed by atoms with E-state index in [4.69, 9.17) is 11.5 Å². The number of phenolic OH excluding ortho intramolecular Hbond substituents is 1. The number of aliphatic imine (C=N–C) groups is 1. The number of primary amides is 1. The Hall–Kier alpha value is -3.34. The highest BCUT2D eigenvalue weighted by atomic mass is 16.3. The van der Waals surface area contributed by atoms with Crippen LogP contribution in [-0.2, 0) is 4.79 Å². The Morgan fingerprint density at radius 2 is 1.71 bits per heavy atom. The third-order valence-electron chi connectivity index (χ3n) is 4.68. The maximum absolute atomic E-state index is 12.2. The SMILES string of the molecule is CC/C(C)=C(/C(N)=C(\N=C(C)c1ccccc1)C(N)=O)c1cc(O)ccc1C. The number of nitrogens with zero attached hydrogens (tertiary/aromatic N) is 1. The molecular formula is C23H27N3O2. The van der Waals surface area contributed by atoms with Crippen LogP contribution in [0.15, 0.2) is 70.5 Å². The van der Waals surface area contributed by atoms with E-state index in [9.17, 15) is 9.90 Å². The fraction of sp³-hybridized carbons (Fsp3) is 0.217. The van der Waals surface area contributed by atoms with Crippen LogP contribution in [0, 0.1) is 6.92 Å². The topological polar surface area (TPSA) is 102 Å². The van der Waals surface area contributed by atoms with Gasteiger partial charge in [-0.05, 0) is 56.0 Å². The molecule has 2 aromatic carbocycles. The van der Waals surface area contributed by atoms with Crippen molar-refractivity contribution >= 4 is 17.2 Å². The molecule has 0 aliphatic carbocycles. The minimum absolute atomic E-state index is 0.00639. The molecule has 2 aromatic rings. The number of carbonyl (C=O) groups excluding carboxylic acids is 1. The lowest BCUT2D eigenvalue weighted by Gasteiger charge is -2.17. The van der Waals surface area contributed by atoms with Gasteiger partial charge in [-0.25, -0.2) is 4.99 Å². The van der Waals surface area contributed by atoms with Crippen molar-refractivity contribution in [2.45, 2.75) is 34.1 Å². The van der Waals surface area contributed by atoms with Gasteiger partial charge in [-0.1, -0.05) is 48.9 Å². The van der Waals surface area contributed by atoms with Crippen LogP contribution in [0.1, 0.15) is 43.9 Å². The van der Waals surface area contributed by atoms with Crippen molar-refractivity contribution in [3.8, 4) is 5.75 Å². The van der Waals surface area contributed by atoms with E-state index in [1.165, 1.54) is 0 Å². The Morgan fingerprint density at radius 3 is 2.29 bits per heavy atom. The Kier molecular flexibility index (Phi) is 6.77. The minimum atomic E-state index is -0.702. The Balaban J connectivity index is 2.73. The van der Waals surface area contributed by atoms with Crippen LogP contribution in [0.4, 0.5) is 0 Å². The maximum atomic E-state index is 12.2. The van der Waals surface area contributed by atoms with Gasteiger partial charge in [0.2, 0.25) is 0 Å². The third-order valence-corrected chi connectivity index (χ3v) is 4.68. The maximum Gasteiger partial charge on any atom is 0.269 e. The van der Waals surface area contributed by atoms with E-state index >= 15 is 0 Å². The van der Waals surface area contributed by atoms with E-state index < -0.39 is 5.91 Å². The lowest BCUT2D eigenvalue weighted by atomic mass is 9.92. The van der Waals surface area contributed by atoms with Gasteiger partial charge in [-0.2, -0.15) is 0 Å². The van der Waals surface area contributed by atoms with Gasteiger partial charge in [0.05, 0.1) is 5.70 Å². The molecule has 0 aromatic heterocycles. The van der Waals surface area contributed by atoms with Gasteiger partial charge in [0.25, 0.3) is 5.91 Å². The molecule has 0 aliphatic rings. The molecule has 0 spiro atoms. The van der Waals surface area contributed by atoms with Crippen molar-refractivity contribution in [3.63, 3.8) is 0 Å². The van der Waals surface area contributed by atoms with Crippen molar-refractivity contribution in [1.29, 1.82) is 0 Å². The second kappa shape index (κ2) is 9.04. The van der Waals surface area contributed by atoms with Crippen LogP contribution in [0.25, 0.3) is 5.57 Å². The number of aryl methyl sites for hydroxylation is 1. The van der Waals surface area contributed by atoms with E-state index in [1.807, 2.05) is 57.2 Å². The average Bonchev–Trinajstić information content (AvgIpc) is 2.68. The molecule has 0 fully saturated rings. The lowest BCUT2D eigenvalue weighted by Crippen LogP contribution is -2.20. The molecule has 0 atom stereocenters. The summed E-state index contributed by atoms with van der Waals surface area (Å²) in [5.74, 6) is -0.577. The Labute approximate surface area is 166 Å². The molecule has 5 nitrogen and oxygen atoms in total. The van der Waals surface area contributed by atoms with Crippen LogP contribution in [0.3, 0.4) is 0 Å². The van der Waals surface area contributed by atoms with Crippen molar-refractivity contribution in [3.05, 3.63) is 82.2 Å². The second-order valence-electron chi connectivity index (χ2n) is 6.70. The highest BCUT2D eigenvalue weighted by Crippen LogP contribution is 2.32. The van der Waals surface area contributed by atoms with Crippen molar-refractivity contribution in [1.82, 2.24) is 0 Å². The molecule has 146 valence electrons. The molecule has 1 amide bonds. The fourth-order valence-corrected chi connectivity index (χ4v) is 2.94. The summed E-state index contributed by atoms with van der Waals surface area (Å²) in [5.41, 5.74) is 17.1. The van der Waals surface area contributed by atoms with E-state index in [2.05, 4.69) is 4.99 Å². The van der Waals surface area contributed by atoms with Crippen molar-refractivity contribution in [2.75, 3.05) is 0 Å². The molecule has 0 radical (unpaired) electrons. The van der Waals surface area contributed by atoms with E-state index in [1.54, 1.807) is 19.1 Å². The molecule has 0 unspecified atom stereocenters. The average molecular weight is 377 g/mol. The molecule has 28 heavy (non-hydrogen) atoms. The molecule has 0 heterocycles. The molecule has 5 N–H and O–H groups in total. The summed E-state index contributed by atoms with van der Waals surface area (Å²) >= 11 is 0. The zero-order valence-corrected chi connectivity index (χ0v) is 16.8. The Bertz CT molecular complexity index is 971. The van der Waals surface area contributed by atoms with Gasteiger partial charge >= 0.3 is 0 Å². The number of carbonyl (C=O) groups is 1. The van der Waals surface area contributed by atoms with Gasteiger partial charge < -0.3 is 16.6 Å². The first kappa shape index (κ1) is 21.0. The molecule has 5 heteroatoms. The largest absolute Gasteiger partial charge is 0.508 e. The highest BCUT2D eigenvalue weighted by Gasteiger charge is 2.19. The van der Waals surface area contributed by atoms with Gasteiger partial charge in [-0.15, -0.1) is 0 Å². The number of hydrogen-bond donors (Lipinski definition) is 3. The first-order chi connectivity index (χ1) is 13.3. The first-order valence-corrected chi connectivity index (χ1v) is 9.16. The van der Waals surface area contributed by atoms with E-state index in [0.717, 1.165) is 28.7 Å². The summed E-state index contributed by atoms with van der Waals surface area (Å²) < 4.78 is 0.